The number of amides is 5. The molecule has 14 nitrogen and oxygen atoms in total. The molecule has 0 aromatic heterocycles. The topological polar surface area (TPSA) is 164 Å². The van der Waals surface area contributed by atoms with Crippen LogP contribution in [-0.2, 0) is 9.59 Å². The Morgan fingerprint density at radius 1 is 0.817 bits per heavy atom. The SMILES string of the molecule is CC1CC2(CCN(c3ccc(C(=O)N4CCN(CC5(C#N)CN(c6ccc7c(c6)C(=O)N(C6CCC(=O)NC6=O)C7=O)C5)CC4)cc3)CC2)CN1c1ccc(C#N)c(Cl)c1. The highest BCUT2D eigenvalue weighted by Crippen LogP contribution is 2.46. The molecular weight excluding hydrogens is 782 g/mol. The van der Waals surface area contributed by atoms with E-state index in [1.54, 1.807) is 24.3 Å². The van der Waals surface area contributed by atoms with E-state index in [4.69, 9.17) is 11.6 Å². The van der Waals surface area contributed by atoms with Crippen molar-refractivity contribution < 1.29 is 24.0 Å². The number of nitrogens with one attached hydrogen (secondary N) is 1. The van der Waals surface area contributed by atoms with Crippen molar-refractivity contribution in [2.24, 2.45) is 10.8 Å². The number of fused-ring (bicyclic) bond motifs is 1. The lowest BCUT2D eigenvalue weighted by atomic mass is 9.76. The number of carbonyl (C=O) groups is 5. The summed E-state index contributed by atoms with van der Waals surface area (Å²) in [4.78, 5) is 76.1. The summed E-state index contributed by atoms with van der Waals surface area (Å²) in [5, 5.41) is 22.3. The maximum Gasteiger partial charge on any atom is 0.262 e. The first-order valence-corrected chi connectivity index (χ1v) is 21.1. The number of anilines is 3. The minimum Gasteiger partial charge on any atom is -0.371 e. The predicted octanol–water partition coefficient (Wildman–Crippen LogP) is 4.29. The van der Waals surface area contributed by atoms with Crippen LogP contribution in [0, 0.1) is 33.5 Å². The monoisotopic (exact) mass is 827 g/mol. The van der Waals surface area contributed by atoms with Crippen molar-refractivity contribution in [1.82, 2.24) is 20.0 Å². The number of rotatable bonds is 7. The van der Waals surface area contributed by atoms with Gasteiger partial charge in [0.05, 0.1) is 27.8 Å². The van der Waals surface area contributed by atoms with Gasteiger partial charge in [-0.05, 0) is 98.7 Å². The first-order chi connectivity index (χ1) is 28.9. The van der Waals surface area contributed by atoms with Gasteiger partial charge in [-0.3, -0.25) is 39.1 Å². The molecule has 3 aromatic carbocycles. The number of imide groups is 2. The summed E-state index contributed by atoms with van der Waals surface area (Å²) in [6.07, 6.45) is 3.43. The Bertz CT molecular complexity index is 2370. The van der Waals surface area contributed by atoms with Crippen LogP contribution in [-0.4, -0.2) is 122 Å². The van der Waals surface area contributed by atoms with Crippen LogP contribution in [0.1, 0.15) is 75.7 Å². The highest BCUT2D eigenvalue weighted by Gasteiger charge is 2.48. The van der Waals surface area contributed by atoms with Gasteiger partial charge in [0.2, 0.25) is 11.8 Å². The molecule has 1 spiro atoms. The molecule has 308 valence electrons. The molecule has 1 N–H and O–H groups in total. The largest absolute Gasteiger partial charge is 0.371 e. The van der Waals surface area contributed by atoms with E-state index in [9.17, 15) is 34.5 Å². The number of carbonyl (C=O) groups excluding carboxylic acids is 5. The Kier molecular flexibility index (Phi) is 10.0. The molecule has 5 amide bonds. The van der Waals surface area contributed by atoms with E-state index in [1.807, 2.05) is 34.1 Å². The molecular formula is C45H46ClN9O5. The smallest absolute Gasteiger partial charge is 0.262 e. The molecule has 60 heavy (non-hydrogen) atoms. The van der Waals surface area contributed by atoms with Gasteiger partial charge in [-0.25, -0.2) is 0 Å². The van der Waals surface area contributed by atoms with E-state index in [0.717, 1.165) is 60.9 Å². The number of nitriles is 2. The number of benzene rings is 3. The lowest BCUT2D eigenvalue weighted by Gasteiger charge is -2.50. The van der Waals surface area contributed by atoms with Gasteiger partial charge in [0.1, 0.15) is 17.5 Å². The second-order valence-electron chi connectivity index (χ2n) is 17.5. The summed E-state index contributed by atoms with van der Waals surface area (Å²) in [5.41, 5.74) is 4.12. The van der Waals surface area contributed by atoms with Crippen molar-refractivity contribution in [3.63, 3.8) is 0 Å². The molecule has 2 unspecified atom stereocenters. The zero-order valence-corrected chi connectivity index (χ0v) is 34.3. The molecule has 0 saturated carbocycles. The third-order valence-corrected chi connectivity index (χ3v) is 14.0. The fraction of sp³-hybridized carbons (Fsp3) is 0.444. The van der Waals surface area contributed by atoms with Crippen molar-refractivity contribution in [3.05, 3.63) is 87.9 Å². The Morgan fingerprint density at radius 2 is 1.50 bits per heavy atom. The minimum atomic E-state index is -1.03. The average Bonchev–Trinajstić information content (AvgIpc) is 3.69. The van der Waals surface area contributed by atoms with Crippen LogP contribution in [0.2, 0.25) is 5.02 Å². The second-order valence-corrected chi connectivity index (χ2v) is 17.9. The lowest BCUT2D eigenvalue weighted by molar-refractivity contribution is -0.136. The number of piperidine rings is 2. The third-order valence-electron chi connectivity index (χ3n) is 13.7. The summed E-state index contributed by atoms with van der Waals surface area (Å²) >= 11 is 6.37. The van der Waals surface area contributed by atoms with Crippen LogP contribution < -0.4 is 20.0 Å². The Labute approximate surface area is 353 Å². The fourth-order valence-corrected chi connectivity index (χ4v) is 10.5. The van der Waals surface area contributed by atoms with E-state index < -0.39 is 35.1 Å². The summed E-state index contributed by atoms with van der Waals surface area (Å²) in [5.74, 6) is -2.17. The van der Waals surface area contributed by atoms with Gasteiger partial charge in [0.15, 0.2) is 0 Å². The van der Waals surface area contributed by atoms with Gasteiger partial charge < -0.3 is 19.6 Å². The van der Waals surface area contributed by atoms with E-state index in [-0.39, 0.29) is 35.3 Å². The normalized spacial score (nSPS) is 23.6. The van der Waals surface area contributed by atoms with Crippen molar-refractivity contribution in [1.29, 1.82) is 10.5 Å². The van der Waals surface area contributed by atoms with Crippen LogP contribution in [0.3, 0.4) is 0 Å². The lowest BCUT2D eigenvalue weighted by Crippen LogP contribution is -2.62. The summed E-state index contributed by atoms with van der Waals surface area (Å²) in [6.45, 7) is 9.04. The quantitative estimate of drug-likeness (QED) is 0.338. The third kappa shape index (κ3) is 7.01. The van der Waals surface area contributed by atoms with Crippen LogP contribution in [0.25, 0.3) is 0 Å². The minimum absolute atomic E-state index is 0.00682. The van der Waals surface area contributed by atoms with Crippen molar-refractivity contribution in [2.45, 2.75) is 51.1 Å². The zero-order valence-electron chi connectivity index (χ0n) is 33.5. The van der Waals surface area contributed by atoms with E-state index in [0.29, 0.717) is 68.0 Å². The summed E-state index contributed by atoms with van der Waals surface area (Å²) in [7, 11) is 0. The van der Waals surface area contributed by atoms with Gasteiger partial charge in [0.25, 0.3) is 17.7 Å². The Morgan fingerprint density at radius 3 is 2.17 bits per heavy atom. The molecule has 0 bridgehead atoms. The number of halogens is 1. The average molecular weight is 828 g/mol. The molecule has 5 saturated heterocycles. The highest BCUT2D eigenvalue weighted by atomic mass is 35.5. The van der Waals surface area contributed by atoms with Crippen LogP contribution in [0.5, 0.6) is 0 Å². The van der Waals surface area contributed by atoms with Gasteiger partial charge in [-0.1, -0.05) is 11.6 Å². The molecule has 0 radical (unpaired) electrons. The zero-order chi connectivity index (χ0) is 41.9. The maximum absolute atomic E-state index is 13.6. The number of nitrogens with zero attached hydrogens (tertiary/aromatic N) is 8. The molecule has 3 aromatic rings. The second kappa shape index (κ2) is 15.3. The van der Waals surface area contributed by atoms with E-state index in [2.05, 4.69) is 51.2 Å². The Balaban J connectivity index is 0.746. The van der Waals surface area contributed by atoms with Crippen molar-refractivity contribution in [3.8, 4) is 12.1 Å². The van der Waals surface area contributed by atoms with Crippen LogP contribution >= 0.6 is 11.6 Å². The Hall–Kier alpha value is -5.96. The summed E-state index contributed by atoms with van der Waals surface area (Å²) < 4.78 is 0. The summed E-state index contributed by atoms with van der Waals surface area (Å²) in [6, 6.07) is 22.8. The number of hydrogen-bond donors (Lipinski definition) is 1. The molecule has 9 rings (SSSR count). The standard InChI is InChI=1S/C45H46ClN9O5/c1-29-22-44(28-54(29)34-7-4-31(23-47)37(46)21-34)12-14-51(15-13-44)32-5-2-30(3-6-32)41(58)52-18-16-50(17-19-52)25-45(24-48)26-53(27-45)33-8-9-35-36(20-33)43(60)55(42(35)59)38-10-11-39(56)49-40(38)57/h2-9,20-21,29,38H,10-19,22,25-28H2,1H3,(H,49,56,57). The molecule has 2 atom stereocenters. The van der Waals surface area contributed by atoms with Crippen molar-refractivity contribution in [2.75, 3.05) is 80.1 Å². The fourth-order valence-electron chi connectivity index (χ4n) is 10.3. The highest BCUT2D eigenvalue weighted by molar-refractivity contribution is 6.32. The number of hydrogen-bond acceptors (Lipinski definition) is 11. The molecule has 6 aliphatic heterocycles. The molecule has 5 fully saturated rings. The molecule has 6 aliphatic rings. The van der Waals surface area contributed by atoms with E-state index >= 15 is 0 Å². The molecule has 0 aliphatic carbocycles. The first kappa shape index (κ1) is 39.5. The maximum atomic E-state index is 13.6. The first-order valence-electron chi connectivity index (χ1n) is 20.7. The predicted molar refractivity (Wildman–Crippen MR) is 224 cm³/mol. The molecule has 15 heteroatoms. The van der Waals surface area contributed by atoms with Crippen LogP contribution in [0.15, 0.2) is 60.7 Å². The van der Waals surface area contributed by atoms with Gasteiger partial charge >= 0.3 is 0 Å². The van der Waals surface area contributed by atoms with Gasteiger partial charge in [-0.2, -0.15) is 10.5 Å². The van der Waals surface area contributed by atoms with Gasteiger partial charge in [0, 0.05) is 101 Å². The van der Waals surface area contributed by atoms with Crippen LogP contribution in [0.4, 0.5) is 17.1 Å². The van der Waals surface area contributed by atoms with Gasteiger partial charge in [-0.15, -0.1) is 0 Å². The van der Waals surface area contributed by atoms with Crippen molar-refractivity contribution >= 4 is 58.2 Å². The van der Waals surface area contributed by atoms with E-state index in [1.165, 1.54) is 0 Å². The number of piperazine rings is 1. The molecule has 6 heterocycles.